The van der Waals surface area contributed by atoms with Crippen molar-refractivity contribution in [1.29, 1.82) is 0 Å². The SMILES string of the molecule is O=c1c2cc3c(=O)n(-n4c(=O)c5cc6c(=O)n(-c7c(F)c(F)c(F)c(F)c7F)c(=O)c6cc5c4=O)c(=O)c3cc2c(=O)n1-c1c(F)c(F)c(F)c(F)c1F. The minimum atomic E-state index is -2.61. The molecule has 0 amide bonds. The van der Waals surface area contributed by atoms with Gasteiger partial charge in [0.15, 0.2) is 46.5 Å². The topological polar surface area (TPSA) is 156 Å². The van der Waals surface area contributed by atoms with Gasteiger partial charge in [-0.15, -0.1) is 0 Å². The fourth-order valence-corrected chi connectivity index (χ4v) is 6.27. The van der Waals surface area contributed by atoms with Crippen molar-refractivity contribution in [2.75, 3.05) is 0 Å². The monoisotopic (exact) mass is 762 g/mol. The van der Waals surface area contributed by atoms with Crippen LogP contribution < -0.4 is 44.5 Å². The van der Waals surface area contributed by atoms with Crippen LogP contribution in [-0.2, 0) is 0 Å². The van der Waals surface area contributed by atoms with Crippen LogP contribution in [-0.4, -0.2) is 18.5 Å². The fourth-order valence-electron chi connectivity index (χ4n) is 6.27. The molecule has 12 nitrogen and oxygen atoms in total. The van der Waals surface area contributed by atoms with Gasteiger partial charge in [-0.05, 0) is 24.3 Å². The highest BCUT2D eigenvalue weighted by Crippen LogP contribution is 2.27. The van der Waals surface area contributed by atoms with Crippen LogP contribution in [0.2, 0.25) is 0 Å². The highest BCUT2D eigenvalue weighted by molar-refractivity contribution is 5.99. The Morgan fingerprint density at radius 2 is 0.426 bits per heavy atom. The van der Waals surface area contributed by atoms with Gasteiger partial charge in [0.2, 0.25) is 11.6 Å². The molecule has 0 saturated heterocycles. The molecule has 0 aliphatic rings. The average Bonchev–Trinajstić information content (AvgIpc) is 3.73. The van der Waals surface area contributed by atoms with Crippen LogP contribution in [0.3, 0.4) is 0 Å². The minimum absolute atomic E-state index is 0.100. The Kier molecular flexibility index (Phi) is 6.67. The molecule has 0 radical (unpaired) electrons. The molecular formula is C32H4F10N4O8. The van der Waals surface area contributed by atoms with Crippen molar-refractivity contribution < 1.29 is 43.9 Å². The molecule has 54 heavy (non-hydrogen) atoms. The summed E-state index contributed by atoms with van der Waals surface area (Å²) in [5.41, 5.74) is -17.0. The zero-order valence-electron chi connectivity index (χ0n) is 25.1. The number of halogens is 10. The zero-order chi connectivity index (χ0) is 39.3. The van der Waals surface area contributed by atoms with Gasteiger partial charge in [-0.3, -0.25) is 38.4 Å². The van der Waals surface area contributed by atoms with Gasteiger partial charge in [-0.1, -0.05) is 0 Å². The van der Waals surface area contributed by atoms with Crippen LogP contribution in [0.15, 0.2) is 62.6 Å². The van der Waals surface area contributed by atoms with E-state index in [0.29, 0.717) is 24.3 Å². The lowest BCUT2D eigenvalue weighted by molar-refractivity contribution is 0.375. The largest absolute Gasteiger partial charge is 0.281 e. The smallest absolute Gasteiger partial charge is 0.268 e. The van der Waals surface area contributed by atoms with E-state index in [9.17, 15) is 82.3 Å². The molecule has 8 rings (SSSR count). The van der Waals surface area contributed by atoms with E-state index < -0.39 is 166 Å². The van der Waals surface area contributed by atoms with Gasteiger partial charge in [0.25, 0.3) is 44.5 Å². The first-order valence-corrected chi connectivity index (χ1v) is 14.3. The molecule has 8 aromatic rings. The summed E-state index contributed by atoms with van der Waals surface area (Å²) in [6.07, 6.45) is 0. The van der Waals surface area contributed by atoms with E-state index in [1.165, 1.54) is 0 Å². The first-order chi connectivity index (χ1) is 25.3. The van der Waals surface area contributed by atoms with Gasteiger partial charge >= 0.3 is 0 Å². The van der Waals surface area contributed by atoms with Crippen molar-refractivity contribution in [2.24, 2.45) is 0 Å². The number of nitrogens with zero attached hydrogens (tertiary/aromatic N) is 4. The first-order valence-electron chi connectivity index (χ1n) is 14.3. The standard InChI is InChI=1S/C32H4F10N4O8/c33-13-15(35)19(39)23(20(40)16(13)36)43-25(47)5-1-9-10(2-6(5)26(43)48)30(52)45(29(9)51)46-31(53)11-3-7-8(4-12(11)32(46)54)28(50)44(27(7)49)24-21(41)17(37)14(34)18(38)22(24)42/h1-4H. The number of benzene rings is 4. The summed E-state index contributed by atoms with van der Waals surface area (Å²) < 4.78 is 140. The summed E-state index contributed by atoms with van der Waals surface area (Å²) in [7, 11) is 0. The third kappa shape index (κ3) is 3.87. The number of aromatic nitrogens is 4. The second-order valence-electron chi connectivity index (χ2n) is 11.5. The molecule has 0 saturated carbocycles. The summed E-state index contributed by atoms with van der Waals surface area (Å²) in [5, 5.41) is -6.83. The number of rotatable bonds is 3. The number of hydrogen-bond donors (Lipinski definition) is 0. The third-order valence-electron chi connectivity index (χ3n) is 8.76. The van der Waals surface area contributed by atoms with Crippen molar-refractivity contribution in [1.82, 2.24) is 18.5 Å². The van der Waals surface area contributed by atoms with Gasteiger partial charge in [0.1, 0.15) is 11.4 Å². The normalized spacial score (nSPS) is 12.1. The van der Waals surface area contributed by atoms with E-state index in [2.05, 4.69) is 0 Å². The lowest BCUT2D eigenvalue weighted by Gasteiger charge is -2.07. The highest BCUT2D eigenvalue weighted by Gasteiger charge is 2.33. The lowest BCUT2D eigenvalue weighted by atomic mass is 10.1. The van der Waals surface area contributed by atoms with Crippen LogP contribution in [0.25, 0.3) is 54.5 Å². The molecule has 0 atom stereocenters. The van der Waals surface area contributed by atoms with Crippen LogP contribution in [0.4, 0.5) is 43.9 Å². The quantitative estimate of drug-likeness (QED) is 0.150. The second kappa shape index (κ2) is 10.6. The molecule has 270 valence electrons. The van der Waals surface area contributed by atoms with Crippen molar-refractivity contribution in [3.63, 3.8) is 0 Å². The molecule has 0 spiro atoms. The zero-order valence-corrected chi connectivity index (χ0v) is 25.1. The van der Waals surface area contributed by atoms with Crippen molar-refractivity contribution in [2.45, 2.75) is 0 Å². The van der Waals surface area contributed by atoms with E-state index in [4.69, 9.17) is 0 Å². The average molecular weight is 762 g/mol. The molecule has 0 aliphatic heterocycles. The Morgan fingerprint density at radius 1 is 0.259 bits per heavy atom. The second-order valence-corrected chi connectivity index (χ2v) is 11.5. The molecule has 0 aliphatic carbocycles. The van der Waals surface area contributed by atoms with Gasteiger partial charge in [0.05, 0.1) is 43.1 Å². The molecule has 0 unspecified atom stereocenters. The fraction of sp³-hybridized carbons (Fsp3) is 0. The molecular weight excluding hydrogens is 758 g/mol. The molecule has 22 heteroatoms. The maximum absolute atomic E-state index is 14.5. The van der Waals surface area contributed by atoms with Crippen molar-refractivity contribution >= 4 is 43.1 Å². The molecule has 4 heterocycles. The summed E-state index contributed by atoms with van der Waals surface area (Å²) in [4.78, 5) is 106. The van der Waals surface area contributed by atoms with Gasteiger partial charge < -0.3 is 0 Å². The summed E-state index contributed by atoms with van der Waals surface area (Å²) in [6.45, 7) is 0. The van der Waals surface area contributed by atoms with Gasteiger partial charge in [-0.2, -0.15) is 9.35 Å². The van der Waals surface area contributed by atoms with E-state index in [1.807, 2.05) is 0 Å². The molecule has 4 aromatic heterocycles. The summed E-state index contributed by atoms with van der Waals surface area (Å²) in [5.74, 6) is -25.6. The summed E-state index contributed by atoms with van der Waals surface area (Å²) >= 11 is 0. The first kappa shape index (κ1) is 33.9. The van der Waals surface area contributed by atoms with E-state index >= 15 is 0 Å². The van der Waals surface area contributed by atoms with Gasteiger partial charge in [-0.25, -0.2) is 53.0 Å². The van der Waals surface area contributed by atoms with E-state index in [0.717, 1.165) is 0 Å². The van der Waals surface area contributed by atoms with Crippen molar-refractivity contribution in [3.05, 3.63) is 165 Å². The van der Waals surface area contributed by atoms with Crippen LogP contribution in [0.1, 0.15) is 0 Å². The maximum Gasteiger partial charge on any atom is 0.281 e. The minimum Gasteiger partial charge on any atom is -0.268 e. The Balaban J connectivity index is 1.37. The predicted octanol–water partition coefficient (Wildman–Crippen LogP) is 1.82. The number of hydrogen-bond acceptors (Lipinski definition) is 8. The summed E-state index contributed by atoms with van der Waals surface area (Å²) in [6, 6.07) is 2.04. The van der Waals surface area contributed by atoms with Crippen LogP contribution in [0, 0.1) is 58.2 Å². The Hall–Kier alpha value is -7.26. The molecule has 0 bridgehead atoms. The van der Waals surface area contributed by atoms with E-state index in [1.54, 1.807) is 0 Å². The molecule has 0 fully saturated rings. The molecule has 4 aromatic carbocycles. The Bertz CT molecular complexity index is 3130. The maximum atomic E-state index is 14.5. The van der Waals surface area contributed by atoms with Crippen LogP contribution in [0.5, 0.6) is 0 Å². The highest BCUT2D eigenvalue weighted by atomic mass is 19.2. The Labute approximate surface area is 282 Å². The van der Waals surface area contributed by atoms with Crippen molar-refractivity contribution in [3.8, 4) is 11.4 Å². The van der Waals surface area contributed by atoms with Crippen LogP contribution >= 0.6 is 0 Å². The van der Waals surface area contributed by atoms with E-state index in [-0.39, 0.29) is 9.35 Å². The Morgan fingerprint density at radius 3 is 0.630 bits per heavy atom. The predicted molar refractivity (Wildman–Crippen MR) is 163 cm³/mol. The molecule has 0 N–H and O–H groups in total. The van der Waals surface area contributed by atoms with Gasteiger partial charge in [0, 0.05) is 0 Å². The lowest BCUT2D eigenvalue weighted by Crippen LogP contribution is -2.42. The number of fused-ring (bicyclic) bond motifs is 4. The third-order valence-corrected chi connectivity index (χ3v) is 8.76.